The van der Waals surface area contributed by atoms with E-state index in [1.165, 1.54) is 37.3 Å². The monoisotopic (exact) mass is 911 g/mol. The summed E-state index contributed by atoms with van der Waals surface area (Å²) in [6.45, 7) is 15.6. The van der Waals surface area contributed by atoms with Gasteiger partial charge >= 0.3 is 7.12 Å². The number of carbonyl (C=O) groups is 2. The lowest BCUT2D eigenvalue weighted by Gasteiger charge is -2.37. The molecule has 11 rings (SSSR count). The third kappa shape index (κ3) is 9.17. The van der Waals surface area contributed by atoms with Crippen LogP contribution < -0.4 is 26.3 Å². The highest BCUT2D eigenvalue weighted by atomic mass is 79.9. The summed E-state index contributed by atoms with van der Waals surface area (Å²) in [6, 6.07) is 26.0. The normalized spacial score (nSPS) is 23.9. The molecule has 4 aliphatic heterocycles. The quantitative estimate of drug-likeness (QED) is 0.119. The van der Waals surface area contributed by atoms with Crippen LogP contribution in [0.4, 0.5) is 17.1 Å². The van der Waals surface area contributed by atoms with Gasteiger partial charge in [0.05, 0.1) is 40.6 Å². The van der Waals surface area contributed by atoms with Gasteiger partial charge in [-0.25, -0.2) is 9.97 Å². The van der Waals surface area contributed by atoms with Gasteiger partial charge < -0.3 is 40.0 Å². The second-order valence-corrected chi connectivity index (χ2v) is 19.9. The minimum atomic E-state index is -0.698. The van der Waals surface area contributed by atoms with Crippen LogP contribution in [0.5, 0.6) is 0 Å². The number of carbonyl (C=O) groups excluding carboxylic acids is 2. The molecular weight excluding hydrogens is 857 g/mol. The first-order valence-corrected chi connectivity index (χ1v) is 22.8. The molecule has 6 fully saturated rings. The maximum absolute atomic E-state index is 13.0. The van der Waals surface area contributed by atoms with Crippen molar-refractivity contribution in [2.24, 2.45) is 29.6 Å². The number of likely N-dealkylation sites (tertiary alicyclic amines) is 1. The Bertz CT molecular complexity index is 2520. The molecule has 326 valence electrons. The van der Waals surface area contributed by atoms with Gasteiger partial charge in [-0.05, 0) is 119 Å². The molecule has 5 aromatic rings. The third-order valence-electron chi connectivity index (χ3n) is 13.8. The van der Waals surface area contributed by atoms with Crippen molar-refractivity contribution in [1.29, 1.82) is 5.26 Å². The van der Waals surface area contributed by atoms with Crippen molar-refractivity contribution >= 4 is 68.6 Å². The van der Waals surface area contributed by atoms with E-state index in [0.29, 0.717) is 35.5 Å². The molecular formula is C48H55BBrN9O4. The Morgan fingerprint density at radius 3 is 2.08 bits per heavy atom. The van der Waals surface area contributed by atoms with E-state index in [2.05, 4.69) is 111 Å². The van der Waals surface area contributed by atoms with Gasteiger partial charge in [-0.15, -0.1) is 0 Å². The molecule has 0 spiro atoms. The molecule has 13 nitrogen and oxygen atoms in total. The first-order chi connectivity index (χ1) is 30.1. The number of anilines is 3. The van der Waals surface area contributed by atoms with E-state index in [1.54, 1.807) is 24.2 Å². The van der Waals surface area contributed by atoms with Gasteiger partial charge in [-0.3, -0.25) is 9.59 Å². The number of nitrogens with two attached hydrogens (primary N) is 1. The fourth-order valence-corrected chi connectivity index (χ4v) is 9.40. The Morgan fingerprint density at radius 2 is 1.49 bits per heavy atom. The van der Waals surface area contributed by atoms with Crippen LogP contribution in [0.2, 0.25) is 0 Å². The van der Waals surface area contributed by atoms with Crippen LogP contribution in [0.3, 0.4) is 0 Å². The molecule has 4 unspecified atom stereocenters. The van der Waals surface area contributed by atoms with E-state index in [9.17, 15) is 9.59 Å². The molecule has 4 N–H and O–H groups in total. The minimum absolute atomic E-state index is 0.121. The zero-order valence-electron chi connectivity index (χ0n) is 36.6. The van der Waals surface area contributed by atoms with E-state index in [0.717, 1.165) is 57.9 Å². The Kier molecular flexibility index (Phi) is 11.5. The molecule has 63 heavy (non-hydrogen) atoms. The maximum Gasteiger partial charge on any atom is 0.494 e. The first-order valence-electron chi connectivity index (χ1n) is 22.0. The van der Waals surface area contributed by atoms with Crippen LogP contribution in [0.25, 0.3) is 22.4 Å². The maximum atomic E-state index is 13.0. The van der Waals surface area contributed by atoms with Crippen molar-refractivity contribution in [1.82, 2.24) is 25.2 Å². The predicted octanol–water partition coefficient (Wildman–Crippen LogP) is 6.65. The molecule has 0 radical (unpaired) electrons. The van der Waals surface area contributed by atoms with Crippen molar-refractivity contribution in [2.45, 2.75) is 64.7 Å². The van der Waals surface area contributed by atoms with Crippen LogP contribution in [-0.4, -0.2) is 95.3 Å². The number of aromatic amines is 1. The fourth-order valence-electron chi connectivity index (χ4n) is 8.99. The topological polar surface area (TPSA) is 166 Å². The second kappa shape index (κ2) is 16.9. The standard InChI is InChI=1S/C25H25N7O2.C17H24BNO2.C6H6BrN/c1-14(25(34)32-10-15(7-26)11-32)29-24(33)20-8-27-23-22(20)30-21(9-28-23)16-3-2-4-19(6-16)31-12-17-5-18(17)13-31;1-16(2)17(3,4)21-18(20-16)14-6-5-7-15(9-14)19-10-12-8-13(12)11-19;7-5-2-1-3-6(8)4-5/h2-4,6,8-9,14-15,17-18H,5,10-13H2,1H3,(H,27,28)(H,29,33);5-7,9,12-13H,8,10-11H2,1-4H3;1-4H,8H2/t14-,17?,18?;;/m1../s1. The van der Waals surface area contributed by atoms with Gasteiger partial charge in [-0.2, -0.15) is 5.26 Å². The first kappa shape index (κ1) is 42.9. The highest BCUT2D eigenvalue weighted by Crippen LogP contribution is 2.47. The smallest absolute Gasteiger partial charge is 0.399 e. The number of hydrogen-bond donors (Lipinski definition) is 3. The molecule has 6 heterocycles. The number of nitriles is 1. The van der Waals surface area contributed by atoms with Gasteiger partial charge in [0.2, 0.25) is 5.91 Å². The number of nitrogen functional groups attached to an aromatic ring is 1. The van der Waals surface area contributed by atoms with Crippen molar-refractivity contribution < 1.29 is 18.9 Å². The minimum Gasteiger partial charge on any atom is -0.399 e. The summed E-state index contributed by atoms with van der Waals surface area (Å²) >= 11 is 3.28. The van der Waals surface area contributed by atoms with Crippen molar-refractivity contribution in [3.63, 3.8) is 0 Å². The molecule has 0 bridgehead atoms. The Hall–Kier alpha value is -5.43. The average Bonchev–Trinajstić information content (AvgIpc) is 3.91. The second-order valence-electron chi connectivity index (χ2n) is 19.0. The molecule has 6 aliphatic rings. The van der Waals surface area contributed by atoms with E-state index < -0.39 is 6.04 Å². The van der Waals surface area contributed by atoms with E-state index in [1.807, 2.05) is 36.4 Å². The lowest BCUT2D eigenvalue weighted by Crippen LogP contribution is -2.55. The number of nitrogens with one attached hydrogen (secondary N) is 2. The van der Waals surface area contributed by atoms with Crippen LogP contribution in [0, 0.1) is 40.9 Å². The SMILES string of the molecule is CC1(C)OB(c2cccc(N3CC4CC4C3)c2)OC1(C)C.C[C@@H](NC(=O)c1c[nH]c2ncc(-c3cccc(N4CC5CC5C4)c3)nc12)C(=O)N1CC(C#N)C1.Nc1cccc(Br)c1. The van der Waals surface area contributed by atoms with Gasteiger partial charge in [-0.1, -0.05) is 46.3 Å². The van der Waals surface area contributed by atoms with Crippen molar-refractivity contribution in [3.8, 4) is 17.3 Å². The molecule has 2 saturated carbocycles. The van der Waals surface area contributed by atoms with Crippen LogP contribution in [-0.2, 0) is 14.1 Å². The zero-order chi connectivity index (χ0) is 44.2. The molecule has 3 aromatic carbocycles. The van der Waals surface area contributed by atoms with Crippen molar-refractivity contribution in [2.75, 3.05) is 54.8 Å². The number of aromatic nitrogens is 3. The van der Waals surface area contributed by atoms with Gasteiger partial charge in [0.15, 0.2) is 5.65 Å². The predicted molar refractivity (Wildman–Crippen MR) is 250 cm³/mol. The lowest BCUT2D eigenvalue weighted by molar-refractivity contribution is -0.137. The molecule has 2 amide bonds. The van der Waals surface area contributed by atoms with Gasteiger partial charge in [0, 0.05) is 72.6 Å². The van der Waals surface area contributed by atoms with E-state index >= 15 is 0 Å². The number of amides is 2. The Labute approximate surface area is 378 Å². The Balaban J connectivity index is 0.000000146. The number of piperidine rings is 2. The summed E-state index contributed by atoms with van der Waals surface area (Å²) in [5, 5.41) is 11.7. The number of nitrogens with zero attached hydrogens (tertiary/aromatic N) is 6. The van der Waals surface area contributed by atoms with E-state index in [4.69, 9.17) is 25.3 Å². The molecule has 5 atom stereocenters. The summed E-state index contributed by atoms with van der Waals surface area (Å²) in [5.41, 5.74) is 12.3. The zero-order valence-corrected chi connectivity index (χ0v) is 38.1. The number of halogens is 1. The number of fused-ring (bicyclic) bond motifs is 3. The van der Waals surface area contributed by atoms with Crippen LogP contribution in [0.1, 0.15) is 57.8 Å². The summed E-state index contributed by atoms with van der Waals surface area (Å²) in [6.07, 6.45) is 6.08. The van der Waals surface area contributed by atoms with Gasteiger partial charge in [0.1, 0.15) is 11.6 Å². The number of H-pyrrole nitrogens is 1. The highest BCUT2D eigenvalue weighted by Gasteiger charge is 2.52. The van der Waals surface area contributed by atoms with E-state index in [-0.39, 0.29) is 36.1 Å². The van der Waals surface area contributed by atoms with Crippen LogP contribution >= 0.6 is 15.9 Å². The summed E-state index contributed by atoms with van der Waals surface area (Å²) in [7, 11) is -0.257. The van der Waals surface area contributed by atoms with Crippen LogP contribution in [0.15, 0.2) is 89.7 Å². The average molecular weight is 913 g/mol. The van der Waals surface area contributed by atoms with Crippen molar-refractivity contribution in [3.05, 3.63) is 95.2 Å². The number of benzene rings is 3. The molecule has 15 heteroatoms. The number of hydrogen-bond acceptors (Lipinski definition) is 10. The fraction of sp³-hybridized carbons (Fsp3) is 0.438. The number of rotatable bonds is 7. The van der Waals surface area contributed by atoms with Gasteiger partial charge in [0.25, 0.3) is 5.91 Å². The summed E-state index contributed by atoms with van der Waals surface area (Å²) in [5.74, 6) is 2.90. The Morgan fingerprint density at radius 1 is 0.889 bits per heavy atom. The lowest BCUT2D eigenvalue weighted by atomic mass is 9.79. The highest BCUT2D eigenvalue weighted by molar-refractivity contribution is 9.10. The summed E-state index contributed by atoms with van der Waals surface area (Å²) < 4.78 is 13.3. The molecule has 2 aliphatic carbocycles. The molecule has 4 saturated heterocycles. The molecule has 2 aromatic heterocycles. The summed E-state index contributed by atoms with van der Waals surface area (Å²) in [4.78, 5) is 44.2. The largest absolute Gasteiger partial charge is 0.494 e. The third-order valence-corrected chi connectivity index (χ3v) is 14.3.